The number of nitrogens with zero attached hydrogens (tertiary/aromatic N) is 3. The molecule has 1 aromatic heterocycles. The van der Waals surface area contributed by atoms with E-state index in [0.717, 1.165) is 42.0 Å². The molecule has 9 nitrogen and oxygen atoms in total. The quantitative estimate of drug-likeness (QED) is 0.680. The van der Waals surface area contributed by atoms with Gasteiger partial charge in [-0.25, -0.2) is 13.6 Å². The van der Waals surface area contributed by atoms with Crippen LogP contribution in [-0.4, -0.2) is 44.7 Å². The molecule has 0 spiro atoms. The number of carbonyl (C=O) groups excluding carboxylic acids is 1. The fourth-order valence-corrected chi connectivity index (χ4v) is 5.05. The molecule has 2 aliphatic heterocycles. The summed E-state index contributed by atoms with van der Waals surface area (Å²) in [6.07, 6.45) is 2.67. The summed E-state index contributed by atoms with van der Waals surface area (Å²) in [4.78, 5) is 14.9. The molecule has 3 N–H and O–H groups in total. The number of ether oxygens (including phenoxy) is 1. The van der Waals surface area contributed by atoms with Crippen molar-refractivity contribution in [1.82, 2.24) is 4.57 Å². The van der Waals surface area contributed by atoms with Crippen molar-refractivity contribution in [2.24, 2.45) is 5.14 Å². The van der Waals surface area contributed by atoms with Crippen molar-refractivity contribution >= 4 is 27.4 Å². The number of fused-ring (bicyclic) bond motifs is 1. The van der Waals surface area contributed by atoms with Crippen LogP contribution in [0.1, 0.15) is 35.2 Å². The second-order valence-corrected chi connectivity index (χ2v) is 9.91. The van der Waals surface area contributed by atoms with Crippen LogP contribution in [0.2, 0.25) is 0 Å². The van der Waals surface area contributed by atoms with Crippen molar-refractivity contribution < 1.29 is 17.9 Å². The van der Waals surface area contributed by atoms with Crippen LogP contribution in [0, 0.1) is 25.2 Å². The second-order valence-electron chi connectivity index (χ2n) is 8.35. The Morgan fingerprint density at radius 1 is 1.38 bits per heavy atom. The molecular weight excluding hydrogens is 430 g/mol. The number of anilines is 2. The van der Waals surface area contributed by atoms with Crippen LogP contribution < -0.4 is 15.4 Å². The highest BCUT2D eigenvalue weighted by Crippen LogP contribution is 2.31. The highest BCUT2D eigenvalue weighted by Gasteiger charge is 2.26. The number of nitrogens with two attached hydrogens (primary N) is 1. The predicted octanol–water partition coefficient (Wildman–Crippen LogP) is 1.80. The Morgan fingerprint density at radius 3 is 2.81 bits per heavy atom. The van der Waals surface area contributed by atoms with Crippen LogP contribution in [0.3, 0.4) is 0 Å². The van der Waals surface area contributed by atoms with Gasteiger partial charge in [0.25, 0.3) is 0 Å². The summed E-state index contributed by atoms with van der Waals surface area (Å²) >= 11 is 0. The summed E-state index contributed by atoms with van der Waals surface area (Å²) < 4.78 is 30.9. The number of aromatic nitrogens is 1. The number of nitriles is 1. The number of rotatable bonds is 6. The van der Waals surface area contributed by atoms with Crippen molar-refractivity contribution in [3.8, 4) is 6.07 Å². The lowest BCUT2D eigenvalue weighted by molar-refractivity contribution is -0.115. The molecule has 0 bridgehead atoms. The van der Waals surface area contributed by atoms with E-state index in [1.807, 2.05) is 23.3 Å². The molecule has 0 unspecified atom stereocenters. The summed E-state index contributed by atoms with van der Waals surface area (Å²) in [7, 11) is -3.77. The van der Waals surface area contributed by atoms with Crippen molar-refractivity contribution in [2.45, 2.75) is 50.7 Å². The Labute approximate surface area is 187 Å². The first-order valence-corrected chi connectivity index (χ1v) is 12.2. The molecule has 1 saturated heterocycles. The van der Waals surface area contributed by atoms with Gasteiger partial charge in [0, 0.05) is 24.5 Å². The smallest absolute Gasteiger partial charge is 0.245 e. The molecule has 4 rings (SSSR count). The van der Waals surface area contributed by atoms with Crippen molar-refractivity contribution in [3.05, 3.63) is 40.6 Å². The van der Waals surface area contributed by atoms with E-state index in [-0.39, 0.29) is 23.5 Å². The van der Waals surface area contributed by atoms with Gasteiger partial charge in [-0.3, -0.25) is 4.79 Å². The number of nitrogens with one attached hydrogen (secondary N) is 1. The van der Waals surface area contributed by atoms with Gasteiger partial charge in [0.15, 0.2) is 0 Å². The maximum Gasteiger partial charge on any atom is 0.245 e. The van der Waals surface area contributed by atoms with E-state index >= 15 is 0 Å². The molecular formula is C22H27N5O4S. The Hall–Kier alpha value is -2.87. The lowest BCUT2D eigenvalue weighted by Gasteiger charge is -2.20. The molecule has 1 atom stereocenters. The van der Waals surface area contributed by atoms with Gasteiger partial charge in [0.2, 0.25) is 15.9 Å². The number of carbonyl (C=O) groups is 1. The predicted molar refractivity (Wildman–Crippen MR) is 120 cm³/mol. The Balaban J connectivity index is 1.53. The normalized spacial score (nSPS) is 17.9. The third-order valence-electron chi connectivity index (χ3n) is 6.31. The average molecular weight is 458 g/mol. The summed E-state index contributed by atoms with van der Waals surface area (Å²) in [6, 6.07) is 6.93. The third-order valence-corrected chi connectivity index (χ3v) is 7.23. The van der Waals surface area contributed by atoms with Gasteiger partial charge in [0.1, 0.15) is 11.9 Å². The van der Waals surface area contributed by atoms with E-state index in [4.69, 9.17) is 9.88 Å². The summed E-state index contributed by atoms with van der Waals surface area (Å²) in [5, 5.41) is 17.9. The number of hydrogen-bond acceptors (Lipinski definition) is 6. The first-order chi connectivity index (χ1) is 15.2. The van der Waals surface area contributed by atoms with E-state index in [0.29, 0.717) is 30.9 Å². The monoisotopic (exact) mass is 457 g/mol. The summed E-state index contributed by atoms with van der Waals surface area (Å²) in [6.45, 7) is 5.84. The minimum Gasteiger partial charge on any atom is -0.376 e. The summed E-state index contributed by atoms with van der Waals surface area (Å²) in [5.74, 6) is 0.267. The molecule has 32 heavy (non-hydrogen) atoms. The van der Waals surface area contributed by atoms with Gasteiger partial charge in [-0.1, -0.05) is 0 Å². The lowest BCUT2D eigenvalue weighted by atomic mass is 10.2. The molecule has 0 aliphatic carbocycles. The number of benzene rings is 1. The van der Waals surface area contributed by atoms with Crippen molar-refractivity contribution in [1.29, 1.82) is 5.26 Å². The number of sulfonamides is 1. The average Bonchev–Trinajstić information content (AvgIpc) is 3.44. The first kappa shape index (κ1) is 22.3. The van der Waals surface area contributed by atoms with E-state index in [9.17, 15) is 18.5 Å². The Morgan fingerprint density at radius 2 is 2.16 bits per heavy atom. The molecule has 170 valence electrons. The molecule has 2 aromatic rings. The number of amides is 1. The van der Waals surface area contributed by atoms with E-state index in [1.54, 1.807) is 12.1 Å². The number of hydrogen-bond donors (Lipinski definition) is 2. The second kappa shape index (κ2) is 8.58. The molecule has 2 aliphatic rings. The highest BCUT2D eigenvalue weighted by atomic mass is 32.2. The van der Waals surface area contributed by atoms with E-state index < -0.39 is 10.0 Å². The van der Waals surface area contributed by atoms with E-state index in [1.165, 1.54) is 6.07 Å². The zero-order valence-electron chi connectivity index (χ0n) is 18.2. The maximum atomic E-state index is 13.0. The van der Waals surface area contributed by atoms with Crippen LogP contribution in [0.15, 0.2) is 23.1 Å². The zero-order chi connectivity index (χ0) is 23.0. The zero-order valence-corrected chi connectivity index (χ0v) is 19.0. The molecule has 1 aromatic carbocycles. The standard InChI is InChI=1S/C22H27N5O4S/c1-14-15(2)27(12-17-4-3-9-31-17)22(19(14)11-23)25-21(28)13-26-8-7-16-10-18(32(24,29)30)5-6-20(16)26/h5-6,10,17H,3-4,7-9,12-13H2,1-2H3,(H,25,28)(H2,24,29,30)/t17-/m0/s1. The molecule has 0 saturated carbocycles. The fraction of sp³-hybridized carbons (Fsp3) is 0.455. The largest absolute Gasteiger partial charge is 0.376 e. The van der Waals surface area contributed by atoms with Gasteiger partial charge in [-0.05, 0) is 62.4 Å². The van der Waals surface area contributed by atoms with Crippen LogP contribution in [-0.2, 0) is 32.5 Å². The molecule has 1 fully saturated rings. The van der Waals surface area contributed by atoms with Gasteiger partial charge in [-0.2, -0.15) is 5.26 Å². The highest BCUT2D eigenvalue weighted by molar-refractivity contribution is 7.89. The van der Waals surface area contributed by atoms with Crippen LogP contribution >= 0.6 is 0 Å². The van der Waals surface area contributed by atoms with Gasteiger partial charge in [0.05, 0.1) is 29.7 Å². The molecule has 10 heteroatoms. The molecule has 3 heterocycles. The van der Waals surface area contributed by atoms with Crippen LogP contribution in [0.5, 0.6) is 0 Å². The molecule has 0 radical (unpaired) electrons. The Bertz CT molecular complexity index is 1210. The Kier molecular flexibility index (Phi) is 5.99. The minimum atomic E-state index is -3.77. The van der Waals surface area contributed by atoms with E-state index in [2.05, 4.69) is 11.4 Å². The van der Waals surface area contributed by atoms with Crippen LogP contribution in [0.4, 0.5) is 11.5 Å². The van der Waals surface area contributed by atoms with Crippen molar-refractivity contribution in [3.63, 3.8) is 0 Å². The van der Waals surface area contributed by atoms with Gasteiger partial charge >= 0.3 is 0 Å². The maximum absolute atomic E-state index is 13.0. The van der Waals surface area contributed by atoms with Crippen molar-refractivity contribution in [2.75, 3.05) is 29.9 Å². The fourth-order valence-electron chi connectivity index (χ4n) is 4.48. The first-order valence-electron chi connectivity index (χ1n) is 10.6. The van der Waals surface area contributed by atoms with Crippen LogP contribution in [0.25, 0.3) is 0 Å². The number of primary sulfonamides is 1. The van der Waals surface area contributed by atoms with Gasteiger partial charge < -0.3 is 19.5 Å². The SMILES string of the molecule is Cc1c(C#N)c(NC(=O)CN2CCc3cc(S(N)(=O)=O)ccc32)n(C[C@@H]2CCCO2)c1C. The molecule has 1 amide bonds. The minimum absolute atomic E-state index is 0.0686. The van der Waals surface area contributed by atoms with Gasteiger partial charge in [-0.15, -0.1) is 0 Å². The third kappa shape index (κ3) is 4.24. The lowest BCUT2D eigenvalue weighted by Crippen LogP contribution is -2.33. The summed E-state index contributed by atoms with van der Waals surface area (Å²) in [5.41, 5.74) is 3.91. The topological polar surface area (TPSA) is 130 Å².